The van der Waals surface area contributed by atoms with Crippen LogP contribution < -0.4 is 5.32 Å². The fourth-order valence-electron chi connectivity index (χ4n) is 3.89. The molecule has 1 saturated carbocycles. The molecule has 0 saturated heterocycles. The van der Waals surface area contributed by atoms with Gasteiger partial charge in [-0.05, 0) is 42.9 Å². The minimum Gasteiger partial charge on any atom is -0.453 e. The summed E-state index contributed by atoms with van der Waals surface area (Å²) in [7, 11) is 1.38. The van der Waals surface area contributed by atoms with Crippen molar-refractivity contribution >= 4 is 11.9 Å². The third kappa shape index (κ3) is 5.21. The van der Waals surface area contributed by atoms with Gasteiger partial charge in [-0.1, -0.05) is 20.8 Å². The van der Waals surface area contributed by atoms with E-state index in [0.717, 1.165) is 19.3 Å². The summed E-state index contributed by atoms with van der Waals surface area (Å²) in [5, 5.41) is 2.81. The highest BCUT2D eigenvalue weighted by molar-refractivity contribution is 5.75. The summed E-state index contributed by atoms with van der Waals surface area (Å²) in [4.78, 5) is 22.6. The van der Waals surface area contributed by atoms with Crippen LogP contribution in [0.5, 0.6) is 0 Å². The number of carbonyl (C=O) groups excluding carboxylic acids is 2. The Hall–Kier alpha value is -1.06. The number of rotatable bonds is 4. The lowest BCUT2D eigenvalue weighted by molar-refractivity contribution is -0.118. The fraction of sp³-hybridized carbons (Fsp3) is 0.867. The van der Waals surface area contributed by atoms with Crippen LogP contribution in [0.25, 0.3) is 0 Å². The molecule has 1 aliphatic rings. The minimum atomic E-state index is -0.382. The Balaban J connectivity index is 2.69. The molecule has 0 bridgehead atoms. The van der Waals surface area contributed by atoms with Crippen molar-refractivity contribution in [3.05, 3.63) is 0 Å². The molecule has 4 nitrogen and oxygen atoms in total. The van der Waals surface area contributed by atoms with Gasteiger partial charge in [0.15, 0.2) is 0 Å². The first-order chi connectivity index (χ1) is 8.66. The number of methoxy groups -OCH3 is 1. The van der Waals surface area contributed by atoms with E-state index in [-0.39, 0.29) is 22.7 Å². The van der Waals surface area contributed by atoms with Crippen molar-refractivity contribution < 1.29 is 14.3 Å². The average molecular weight is 269 g/mol. The third-order valence-electron chi connectivity index (χ3n) is 3.95. The maximum atomic E-state index is 11.4. The molecule has 0 aromatic carbocycles. The van der Waals surface area contributed by atoms with Gasteiger partial charge >= 0.3 is 6.09 Å². The number of nitrogens with one attached hydrogen (secondary N) is 1. The van der Waals surface area contributed by atoms with Crippen molar-refractivity contribution in [1.29, 1.82) is 0 Å². The van der Waals surface area contributed by atoms with Crippen molar-refractivity contribution in [2.75, 3.05) is 13.7 Å². The van der Waals surface area contributed by atoms with Crippen molar-refractivity contribution in [3.63, 3.8) is 0 Å². The SMILES string of the molecule is COC(=O)NCC1(C)CC(CC(C)=O)CC(C)(C)C1. The molecule has 1 rings (SSSR count). The maximum Gasteiger partial charge on any atom is 0.406 e. The highest BCUT2D eigenvalue weighted by atomic mass is 16.5. The first-order valence-electron chi connectivity index (χ1n) is 6.97. The molecule has 0 aliphatic heterocycles. The summed E-state index contributed by atoms with van der Waals surface area (Å²) in [6, 6.07) is 0. The second-order valence-electron chi connectivity index (χ2n) is 7.18. The largest absolute Gasteiger partial charge is 0.453 e. The molecule has 0 aromatic heterocycles. The molecule has 110 valence electrons. The quantitative estimate of drug-likeness (QED) is 0.853. The molecule has 19 heavy (non-hydrogen) atoms. The van der Waals surface area contributed by atoms with Crippen LogP contribution in [-0.4, -0.2) is 25.5 Å². The normalized spacial score (nSPS) is 29.6. The highest BCUT2D eigenvalue weighted by Crippen LogP contribution is 2.49. The number of Topliss-reactive ketones (excluding diaryl/α,β-unsaturated/α-hetero) is 1. The van der Waals surface area contributed by atoms with Crippen LogP contribution in [0.15, 0.2) is 0 Å². The molecule has 2 atom stereocenters. The fourth-order valence-corrected chi connectivity index (χ4v) is 3.89. The number of hydrogen-bond donors (Lipinski definition) is 1. The van der Waals surface area contributed by atoms with Crippen LogP contribution in [0.3, 0.4) is 0 Å². The molecule has 0 spiro atoms. The van der Waals surface area contributed by atoms with Gasteiger partial charge in [0.25, 0.3) is 0 Å². The Kier molecular flexibility index (Phi) is 4.99. The monoisotopic (exact) mass is 269 g/mol. The van der Waals surface area contributed by atoms with E-state index >= 15 is 0 Å². The number of hydrogen-bond acceptors (Lipinski definition) is 3. The van der Waals surface area contributed by atoms with Gasteiger partial charge in [-0.2, -0.15) is 0 Å². The van der Waals surface area contributed by atoms with Crippen LogP contribution in [0.2, 0.25) is 0 Å². The van der Waals surface area contributed by atoms with Gasteiger partial charge in [-0.15, -0.1) is 0 Å². The van der Waals surface area contributed by atoms with E-state index in [4.69, 9.17) is 0 Å². The van der Waals surface area contributed by atoms with E-state index in [1.807, 2.05) is 0 Å². The number of ether oxygens (including phenoxy) is 1. The molecule has 0 aromatic rings. The molecule has 1 aliphatic carbocycles. The lowest BCUT2D eigenvalue weighted by Crippen LogP contribution is -2.43. The Morgan fingerprint density at radius 1 is 1.26 bits per heavy atom. The van der Waals surface area contributed by atoms with Gasteiger partial charge < -0.3 is 14.8 Å². The summed E-state index contributed by atoms with van der Waals surface area (Å²) in [5.41, 5.74) is 0.251. The van der Waals surface area contributed by atoms with Gasteiger partial charge in [0.2, 0.25) is 0 Å². The topological polar surface area (TPSA) is 55.4 Å². The van der Waals surface area contributed by atoms with E-state index in [1.165, 1.54) is 7.11 Å². The van der Waals surface area contributed by atoms with E-state index in [1.54, 1.807) is 6.92 Å². The molecule has 4 heteroatoms. The molecule has 1 N–H and O–H groups in total. The lowest BCUT2D eigenvalue weighted by Gasteiger charge is -2.46. The molecule has 2 unspecified atom stereocenters. The van der Waals surface area contributed by atoms with Crippen molar-refractivity contribution in [2.45, 2.75) is 53.4 Å². The second kappa shape index (κ2) is 5.93. The van der Waals surface area contributed by atoms with Crippen molar-refractivity contribution in [1.82, 2.24) is 5.32 Å². The summed E-state index contributed by atoms with van der Waals surface area (Å²) in [6.07, 6.45) is 3.39. The second-order valence-corrected chi connectivity index (χ2v) is 7.18. The van der Waals surface area contributed by atoms with Crippen molar-refractivity contribution in [2.24, 2.45) is 16.7 Å². The lowest BCUT2D eigenvalue weighted by atomic mass is 9.60. The van der Waals surface area contributed by atoms with Crippen LogP contribution >= 0.6 is 0 Å². The van der Waals surface area contributed by atoms with Crippen LogP contribution in [0, 0.1) is 16.7 Å². The molecular formula is C15H27NO3. The molecule has 1 fully saturated rings. The van der Waals surface area contributed by atoms with Crippen LogP contribution in [-0.2, 0) is 9.53 Å². The highest BCUT2D eigenvalue weighted by Gasteiger charge is 2.41. The Bertz CT molecular complexity index is 351. The molecule has 0 heterocycles. The molecular weight excluding hydrogens is 242 g/mol. The Morgan fingerprint density at radius 3 is 2.42 bits per heavy atom. The Labute approximate surface area is 116 Å². The van der Waals surface area contributed by atoms with E-state index in [9.17, 15) is 9.59 Å². The van der Waals surface area contributed by atoms with E-state index < -0.39 is 0 Å². The standard InChI is InChI=1S/C15H27NO3/c1-11(17)6-12-7-14(2,3)9-15(4,8-12)10-16-13(18)19-5/h12H,6-10H2,1-5H3,(H,16,18). The van der Waals surface area contributed by atoms with Crippen molar-refractivity contribution in [3.8, 4) is 0 Å². The summed E-state index contributed by atoms with van der Waals surface area (Å²) >= 11 is 0. The maximum absolute atomic E-state index is 11.4. The Morgan fingerprint density at radius 2 is 1.89 bits per heavy atom. The summed E-state index contributed by atoms with van der Waals surface area (Å²) in [6.45, 7) is 8.95. The number of ketones is 1. The van der Waals surface area contributed by atoms with Crippen LogP contribution in [0.4, 0.5) is 4.79 Å². The van der Waals surface area contributed by atoms with E-state index in [0.29, 0.717) is 18.9 Å². The third-order valence-corrected chi connectivity index (χ3v) is 3.95. The van der Waals surface area contributed by atoms with Gasteiger partial charge in [0.05, 0.1) is 7.11 Å². The zero-order valence-corrected chi connectivity index (χ0v) is 12.8. The number of alkyl carbamates (subject to hydrolysis) is 1. The predicted molar refractivity (Wildman–Crippen MR) is 74.9 cm³/mol. The predicted octanol–water partition coefficient (Wildman–Crippen LogP) is 3.15. The first-order valence-corrected chi connectivity index (χ1v) is 6.97. The molecule has 1 amide bonds. The van der Waals surface area contributed by atoms with Gasteiger partial charge in [0, 0.05) is 13.0 Å². The zero-order valence-electron chi connectivity index (χ0n) is 12.8. The summed E-state index contributed by atoms with van der Waals surface area (Å²) in [5.74, 6) is 0.677. The molecule has 0 radical (unpaired) electrons. The van der Waals surface area contributed by atoms with Crippen LogP contribution in [0.1, 0.15) is 53.4 Å². The van der Waals surface area contributed by atoms with Gasteiger partial charge in [-0.25, -0.2) is 4.79 Å². The zero-order chi connectivity index (χ0) is 14.7. The number of carbonyl (C=O) groups is 2. The summed E-state index contributed by atoms with van der Waals surface area (Å²) < 4.78 is 4.63. The van der Waals surface area contributed by atoms with E-state index in [2.05, 4.69) is 30.8 Å². The van der Waals surface area contributed by atoms with Gasteiger partial charge in [0.1, 0.15) is 5.78 Å². The van der Waals surface area contributed by atoms with Gasteiger partial charge in [-0.3, -0.25) is 0 Å². The number of amides is 1. The smallest absolute Gasteiger partial charge is 0.406 e. The average Bonchev–Trinajstić information content (AvgIpc) is 2.22. The first kappa shape index (κ1) is 16.0. The minimum absolute atomic E-state index is 0.0378.